The molecule has 0 heterocycles. The van der Waals surface area contributed by atoms with Gasteiger partial charge in [0.15, 0.2) is 12.4 Å². The van der Waals surface area contributed by atoms with Crippen molar-refractivity contribution in [2.24, 2.45) is 0 Å². The summed E-state index contributed by atoms with van der Waals surface area (Å²) in [5, 5.41) is 11.8. The smallest absolute Gasteiger partial charge is 0.306 e. The number of quaternary nitrogens is 1. The van der Waals surface area contributed by atoms with Gasteiger partial charge in [0, 0.05) is 12.8 Å². The molecule has 0 aliphatic heterocycles. The minimum Gasteiger partial charge on any atom is -0.545 e. The number of likely N-dealkylation sites (N-methyl/N-ethyl adjacent to an activating group) is 1. The van der Waals surface area contributed by atoms with E-state index < -0.39 is 24.3 Å². The van der Waals surface area contributed by atoms with Crippen LogP contribution in [0.1, 0.15) is 284 Å². The molecule has 0 aliphatic rings. The summed E-state index contributed by atoms with van der Waals surface area (Å²) in [6.45, 7) is 4.68. The van der Waals surface area contributed by atoms with Crippen LogP contribution in [0.2, 0.25) is 0 Å². The summed E-state index contributed by atoms with van der Waals surface area (Å²) in [7, 11) is 5.93. The summed E-state index contributed by atoms with van der Waals surface area (Å²) < 4.78 is 22.8. The predicted octanol–water partition coefficient (Wildman–Crippen LogP) is 16.9. The van der Waals surface area contributed by atoms with Crippen molar-refractivity contribution < 1.29 is 42.9 Å². The van der Waals surface area contributed by atoms with E-state index in [4.69, 9.17) is 18.9 Å². The Kier molecular flexibility index (Phi) is 53.4. The third-order valence-corrected chi connectivity index (χ3v) is 13.6. The summed E-state index contributed by atoms with van der Waals surface area (Å²) in [6.07, 6.45) is 65.9. The van der Waals surface area contributed by atoms with Gasteiger partial charge in [0.05, 0.1) is 40.3 Å². The van der Waals surface area contributed by atoms with Gasteiger partial charge in [-0.15, -0.1) is 0 Å². The molecule has 2 unspecified atom stereocenters. The van der Waals surface area contributed by atoms with Crippen LogP contribution in [0.3, 0.4) is 0 Å². The highest BCUT2D eigenvalue weighted by Gasteiger charge is 2.22. The van der Waals surface area contributed by atoms with Crippen LogP contribution in [-0.4, -0.2) is 82.3 Å². The lowest BCUT2D eigenvalue weighted by molar-refractivity contribution is -0.870. The number of allylic oxidation sites excluding steroid dienone is 8. The minimum absolute atomic E-state index is 0.149. The fourth-order valence-corrected chi connectivity index (χ4v) is 8.88. The van der Waals surface area contributed by atoms with Crippen LogP contribution in [0.4, 0.5) is 0 Å². The van der Waals surface area contributed by atoms with Crippen LogP contribution in [0.15, 0.2) is 48.6 Å². The Balaban J connectivity index is 4.17. The molecule has 0 rings (SSSR count). The average molecular weight is 1030 g/mol. The number of carboxylic acid groups (broad SMARTS) is 1. The number of aliphatic carboxylic acids is 1. The molecule has 0 amide bonds. The lowest BCUT2D eigenvalue weighted by Gasteiger charge is -2.26. The fourth-order valence-electron chi connectivity index (χ4n) is 8.88. The van der Waals surface area contributed by atoms with Gasteiger partial charge in [0.2, 0.25) is 0 Å². The standard InChI is InChI=1S/C64H117NO8/c1-6-8-10-12-14-16-18-20-22-24-26-28-29-30-31-32-33-35-37-39-41-43-45-47-49-51-53-55-62(67)73-60(59-72-64(63(68)69)70-57-56-65(3,4)5)58-71-61(66)54-52-50-48-46-44-42-40-38-36-34-27-25-23-21-19-17-15-13-11-9-7-2/h8,10,14,16,20,22,26,28,60,64H,6-7,9,11-13,15,17-19,21,23-25,27,29-59H2,1-5H3/b10-8-,16-14-,22-20-,28-26-. The van der Waals surface area contributed by atoms with E-state index in [9.17, 15) is 19.5 Å². The maximum Gasteiger partial charge on any atom is 0.306 e. The Labute approximate surface area is 451 Å². The van der Waals surface area contributed by atoms with E-state index in [1.165, 1.54) is 193 Å². The molecule has 0 aromatic carbocycles. The number of carbonyl (C=O) groups is 3. The van der Waals surface area contributed by atoms with Gasteiger partial charge in [-0.2, -0.15) is 0 Å². The Hall–Kier alpha value is -2.75. The molecule has 2 atom stereocenters. The molecule has 0 aromatic rings. The second-order valence-electron chi connectivity index (χ2n) is 22.0. The first-order valence-electron chi connectivity index (χ1n) is 30.8. The maximum atomic E-state index is 12.9. The van der Waals surface area contributed by atoms with E-state index >= 15 is 0 Å². The lowest BCUT2D eigenvalue weighted by Crippen LogP contribution is -2.44. The lowest BCUT2D eigenvalue weighted by atomic mass is 10.0. The largest absolute Gasteiger partial charge is 0.545 e. The molecule has 0 bridgehead atoms. The highest BCUT2D eigenvalue weighted by Crippen LogP contribution is 2.17. The first kappa shape index (κ1) is 70.2. The number of hydrogen-bond donors (Lipinski definition) is 0. The van der Waals surface area contributed by atoms with Crippen molar-refractivity contribution in [1.82, 2.24) is 0 Å². The van der Waals surface area contributed by atoms with Crippen LogP contribution in [0, 0.1) is 0 Å². The van der Waals surface area contributed by atoms with Gasteiger partial charge in [0.25, 0.3) is 0 Å². The number of carboxylic acids is 1. The number of rotatable bonds is 57. The second-order valence-corrected chi connectivity index (χ2v) is 22.0. The highest BCUT2D eigenvalue weighted by atomic mass is 16.7. The van der Waals surface area contributed by atoms with Crippen molar-refractivity contribution in [2.45, 2.75) is 296 Å². The molecule has 0 spiro atoms. The SMILES string of the molecule is CC/C=C\C/C=C\C/C=C\C/C=C\CCCCCCCCCCCCCCCCC(=O)OC(COC(=O)CCCCCCCCCCCCCCCCCCCCCCC)COC(OCC[N+](C)(C)C)C(=O)[O-]. The quantitative estimate of drug-likeness (QED) is 0.0195. The molecule has 73 heavy (non-hydrogen) atoms. The highest BCUT2D eigenvalue weighted by molar-refractivity contribution is 5.70. The van der Waals surface area contributed by atoms with Gasteiger partial charge in [-0.3, -0.25) is 9.59 Å². The number of nitrogens with zero attached hydrogens (tertiary/aromatic N) is 1. The topological polar surface area (TPSA) is 111 Å². The van der Waals surface area contributed by atoms with Crippen LogP contribution in [-0.2, 0) is 33.3 Å². The summed E-state index contributed by atoms with van der Waals surface area (Å²) in [4.78, 5) is 37.4. The molecule has 0 fully saturated rings. The molecular formula is C64H117NO8. The Bertz CT molecular complexity index is 1340. The van der Waals surface area contributed by atoms with Gasteiger partial charge >= 0.3 is 11.9 Å². The van der Waals surface area contributed by atoms with Crippen LogP contribution < -0.4 is 5.11 Å². The summed E-state index contributed by atoms with van der Waals surface area (Å²) in [5.74, 6) is -2.27. The van der Waals surface area contributed by atoms with Gasteiger partial charge in [-0.25, -0.2) is 0 Å². The zero-order valence-corrected chi connectivity index (χ0v) is 48.5. The molecule has 9 heteroatoms. The zero-order valence-electron chi connectivity index (χ0n) is 48.5. The Morgan fingerprint density at radius 1 is 0.425 bits per heavy atom. The summed E-state index contributed by atoms with van der Waals surface area (Å²) in [6, 6.07) is 0. The zero-order chi connectivity index (χ0) is 53.4. The Morgan fingerprint density at radius 3 is 1.16 bits per heavy atom. The molecule has 0 N–H and O–H groups in total. The van der Waals surface area contributed by atoms with Gasteiger partial charge < -0.3 is 33.3 Å². The molecule has 426 valence electrons. The van der Waals surface area contributed by atoms with E-state index in [0.717, 1.165) is 57.8 Å². The van der Waals surface area contributed by atoms with E-state index in [2.05, 4.69) is 62.5 Å². The number of ether oxygens (including phenoxy) is 4. The third kappa shape index (κ3) is 56.8. The van der Waals surface area contributed by atoms with Gasteiger partial charge in [0.1, 0.15) is 13.2 Å². The predicted molar refractivity (Wildman–Crippen MR) is 306 cm³/mol. The van der Waals surface area contributed by atoms with E-state index in [0.29, 0.717) is 23.9 Å². The Morgan fingerprint density at radius 2 is 0.781 bits per heavy atom. The van der Waals surface area contributed by atoms with Crippen LogP contribution in [0.25, 0.3) is 0 Å². The number of hydrogen-bond acceptors (Lipinski definition) is 8. The van der Waals surface area contributed by atoms with Crippen molar-refractivity contribution in [3.63, 3.8) is 0 Å². The fraction of sp³-hybridized carbons (Fsp3) is 0.828. The molecule has 0 saturated carbocycles. The van der Waals surface area contributed by atoms with Crippen molar-refractivity contribution >= 4 is 17.9 Å². The van der Waals surface area contributed by atoms with E-state index in [1.54, 1.807) is 0 Å². The van der Waals surface area contributed by atoms with E-state index in [1.807, 2.05) is 21.1 Å². The number of esters is 2. The normalized spacial score (nSPS) is 13.1. The summed E-state index contributed by atoms with van der Waals surface area (Å²) >= 11 is 0. The second kappa shape index (κ2) is 55.5. The monoisotopic (exact) mass is 1030 g/mol. The number of unbranched alkanes of at least 4 members (excludes halogenated alkanes) is 34. The minimum atomic E-state index is -1.62. The molecule has 0 aliphatic carbocycles. The van der Waals surface area contributed by atoms with Crippen molar-refractivity contribution in [1.29, 1.82) is 0 Å². The van der Waals surface area contributed by atoms with Crippen molar-refractivity contribution in [3.8, 4) is 0 Å². The maximum absolute atomic E-state index is 12.9. The number of carbonyl (C=O) groups excluding carboxylic acids is 3. The van der Waals surface area contributed by atoms with Crippen LogP contribution in [0.5, 0.6) is 0 Å². The van der Waals surface area contributed by atoms with Gasteiger partial charge in [-0.1, -0.05) is 268 Å². The average Bonchev–Trinajstić information content (AvgIpc) is 3.36. The van der Waals surface area contributed by atoms with Gasteiger partial charge in [-0.05, 0) is 51.4 Å². The molecular weight excluding hydrogens is 911 g/mol. The molecule has 0 aromatic heterocycles. The summed E-state index contributed by atoms with van der Waals surface area (Å²) in [5.41, 5.74) is 0. The first-order valence-corrected chi connectivity index (χ1v) is 30.8. The van der Waals surface area contributed by atoms with Crippen molar-refractivity contribution in [2.75, 3.05) is 47.5 Å². The van der Waals surface area contributed by atoms with Crippen LogP contribution >= 0.6 is 0 Å². The molecule has 0 saturated heterocycles. The molecule has 0 radical (unpaired) electrons. The first-order chi connectivity index (χ1) is 35.6. The van der Waals surface area contributed by atoms with Crippen molar-refractivity contribution in [3.05, 3.63) is 48.6 Å². The molecule has 9 nitrogen and oxygen atoms in total. The third-order valence-electron chi connectivity index (χ3n) is 13.6. The van der Waals surface area contributed by atoms with E-state index in [-0.39, 0.29) is 32.2 Å².